The molecule has 0 saturated carbocycles. The van der Waals surface area contributed by atoms with Gasteiger partial charge in [-0.2, -0.15) is 13.2 Å². The lowest BCUT2D eigenvalue weighted by Gasteiger charge is -2.12. The average molecular weight is 425 g/mol. The van der Waals surface area contributed by atoms with E-state index in [4.69, 9.17) is 23.2 Å². The highest BCUT2D eigenvalue weighted by Crippen LogP contribution is 2.41. The summed E-state index contributed by atoms with van der Waals surface area (Å²) in [5.74, 6) is -2.07. The maximum Gasteiger partial charge on any atom is 0.471 e. The molecule has 0 fully saturated rings. The van der Waals surface area contributed by atoms with E-state index in [9.17, 15) is 22.8 Å². The first-order valence-corrected chi connectivity index (χ1v) is 8.69. The van der Waals surface area contributed by atoms with Gasteiger partial charge < -0.3 is 14.9 Å². The Morgan fingerprint density at radius 1 is 1.38 bits per heavy atom. The van der Waals surface area contributed by atoms with Crippen molar-refractivity contribution >= 4 is 51.5 Å². The van der Waals surface area contributed by atoms with E-state index in [0.29, 0.717) is 15.6 Å². The maximum atomic E-state index is 12.3. The molecule has 0 atom stereocenters. The van der Waals surface area contributed by atoms with Crippen molar-refractivity contribution in [2.45, 2.75) is 12.7 Å². The lowest BCUT2D eigenvalue weighted by Crippen LogP contribution is -2.38. The molecule has 0 aliphatic heterocycles. The number of rotatable bonds is 4. The van der Waals surface area contributed by atoms with Gasteiger partial charge in [0.15, 0.2) is 0 Å². The first-order chi connectivity index (χ1) is 12.2. The van der Waals surface area contributed by atoms with Gasteiger partial charge >= 0.3 is 12.1 Å². The standard InChI is InChI=1S/C14H9Cl2F3N4O2S/c15-6-1-4-26-11(6)9-7(16)8-10(12(24)22-5-21-8)23(9)3-2-20-13(25)14(17,18)19/h1,4-5H,2-3H2,(H,20,25)(H,21,22,24). The smallest absolute Gasteiger partial charge is 0.346 e. The molecule has 138 valence electrons. The van der Waals surface area contributed by atoms with Crippen LogP contribution in [0.15, 0.2) is 22.6 Å². The van der Waals surface area contributed by atoms with Crippen LogP contribution in [0.4, 0.5) is 13.2 Å². The molecule has 0 saturated heterocycles. The van der Waals surface area contributed by atoms with Crippen LogP contribution in [-0.2, 0) is 11.3 Å². The second-order valence-corrected chi connectivity index (χ2v) is 6.80. The van der Waals surface area contributed by atoms with Crippen molar-refractivity contribution in [1.29, 1.82) is 0 Å². The number of hydrogen-bond acceptors (Lipinski definition) is 4. The minimum Gasteiger partial charge on any atom is -0.346 e. The number of aromatic amines is 1. The Morgan fingerprint density at radius 3 is 2.73 bits per heavy atom. The number of fused-ring (bicyclic) bond motifs is 1. The normalized spacial score (nSPS) is 11.9. The molecular formula is C14H9Cl2F3N4O2S. The Labute approximate surface area is 157 Å². The monoisotopic (exact) mass is 424 g/mol. The van der Waals surface area contributed by atoms with Crippen molar-refractivity contribution in [3.05, 3.63) is 38.2 Å². The zero-order valence-electron chi connectivity index (χ0n) is 12.7. The Hall–Kier alpha value is -2.04. The van der Waals surface area contributed by atoms with Gasteiger partial charge in [0.05, 0.1) is 26.9 Å². The van der Waals surface area contributed by atoms with Crippen LogP contribution in [0.2, 0.25) is 10.0 Å². The van der Waals surface area contributed by atoms with Crippen molar-refractivity contribution in [2.24, 2.45) is 0 Å². The summed E-state index contributed by atoms with van der Waals surface area (Å²) in [7, 11) is 0. The van der Waals surface area contributed by atoms with Crippen molar-refractivity contribution in [1.82, 2.24) is 19.9 Å². The van der Waals surface area contributed by atoms with E-state index >= 15 is 0 Å². The second-order valence-electron chi connectivity index (χ2n) is 5.09. The van der Waals surface area contributed by atoms with Crippen LogP contribution >= 0.6 is 34.5 Å². The van der Waals surface area contributed by atoms with E-state index in [-0.39, 0.29) is 29.1 Å². The average Bonchev–Trinajstić information content (AvgIpc) is 3.09. The van der Waals surface area contributed by atoms with Gasteiger partial charge in [-0.3, -0.25) is 9.59 Å². The zero-order chi connectivity index (χ0) is 19.1. The molecule has 0 aliphatic rings. The van der Waals surface area contributed by atoms with E-state index in [1.54, 1.807) is 16.8 Å². The number of nitrogens with one attached hydrogen (secondary N) is 2. The quantitative estimate of drug-likeness (QED) is 0.672. The third-order valence-electron chi connectivity index (χ3n) is 3.50. The lowest BCUT2D eigenvalue weighted by molar-refractivity contribution is -0.173. The number of carbonyl (C=O) groups excluding carboxylic acids is 1. The largest absolute Gasteiger partial charge is 0.471 e. The Balaban J connectivity index is 2.07. The van der Waals surface area contributed by atoms with Gasteiger partial charge in [0.1, 0.15) is 11.0 Å². The molecule has 0 aliphatic carbocycles. The zero-order valence-corrected chi connectivity index (χ0v) is 15.0. The summed E-state index contributed by atoms with van der Waals surface area (Å²) in [6, 6.07) is 1.63. The predicted molar refractivity (Wildman–Crippen MR) is 92.8 cm³/mol. The minimum absolute atomic E-state index is 0.0817. The molecule has 3 heterocycles. The van der Waals surface area contributed by atoms with Gasteiger partial charge in [-0.05, 0) is 11.4 Å². The van der Waals surface area contributed by atoms with Gasteiger partial charge in [0.25, 0.3) is 5.56 Å². The summed E-state index contributed by atoms with van der Waals surface area (Å²) in [6.07, 6.45) is -3.82. The molecule has 12 heteroatoms. The summed E-state index contributed by atoms with van der Waals surface area (Å²) >= 11 is 13.8. The maximum absolute atomic E-state index is 12.3. The first kappa shape index (κ1) is 18.7. The Kier molecular flexibility index (Phi) is 5.00. The SMILES string of the molecule is O=C(NCCn1c(-c2sccc2Cl)c(Cl)c2nc[nH]c(=O)c21)C(F)(F)F. The highest BCUT2D eigenvalue weighted by molar-refractivity contribution is 7.14. The van der Waals surface area contributed by atoms with Gasteiger partial charge in [0, 0.05) is 13.1 Å². The van der Waals surface area contributed by atoms with E-state index in [1.807, 2.05) is 0 Å². The molecule has 0 unspecified atom stereocenters. The van der Waals surface area contributed by atoms with Gasteiger partial charge in [-0.15, -0.1) is 11.3 Å². The van der Waals surface area contributed by atoms with Gasteiger partial charge in [0.2, 0.25) is 0 Å². The molecule has 0 radical (unpaired) electrons. The highest BCUT2D eigenvalue weighted by atomic mass is 35.5. The van der Waals surface area contributed by atoms with Crippen LogP contribution in [0.3, 0.4) is 0 Å². The molecule has 6 nitrogen and oxygen atoms in total. The molecule has 0 bridgehead atoms. The van der Waals surface area contributed by atoms with Crippen LogP contribution in [0.25, 0.3) is 21.6 Å². The third kappa shape index (κ3) is 3.31. The number of carbonyl (C=O) groups is 1. The summed E-state index contributed by atoms with van der Waals surface area (Å²) in [5, 5.41) is 3.99. The van der Waals surface area contributed by atoms with Gasteiger partial charge in [-0.1, -0.05) is 23.2 Å². The number of halogens is 5. The number of nitrogens with zero attached hydrogens (tertiary/aromatic N) is 2. The molecule has 3 rings (SSSR count). The molecule has 0 spiro atoms. The Bertz CT molecular complexity index is 1040. The van der Waals surface area contributed by atoms with Crippen molar-refractivity contribution in [2.75, 3.05) is 6.54 Å². The number of amides is 1. The van der Waals surface area contributed by atoms with Crippen LogP contribution in [0.1, 0.15) is 0 Å². The molecular weight excluding hydrogens is 416 g/mol. The lowest BCUT2D eigenvalue weighted by atomic mass is 10.3. The van der Waals surface area contributed by atoms with Crippen molar-refractivity contribution in [3.63, 3.8) is 0 Å². The molecule has 1 amide bonds. The summed E-state index contributed by atoms with van der Waals surface area (Å²) in [6.45, 7) is -0.508. The fourth-order valence-electron chi connectivity index (χ4n) is 2.44. The molecule has 3 aromatic rings. The van der Waals surface area contributed by atoms with Crippen LogP contribution in [-0.4, -0.2) is 33.2 Å². The fraction of sp³-hybridized carbons (Fsp3) is 0.214. The fourth-order valence-corrected chi connectivity index (χ4v) is 4.03. The second kappa shape index (κ2) is 6.93. The van der Waals surface area contributed by atoms with E-state index in [0.717, 1.165) is 0 Å². The van der Waals surface area contributed by atoms with Gasteiger partial charge in [-0.25, -0.2) is 4.98 Å². The predicted octanol–water partition coefficient (Wildman–Crippen LogP) is 3.44. The first-order valence-electron chi connectivity index (χ1n) is 7.05. The summed E-state index contributed by atoms with van der Waals surface area (Å²) < 4.78 is 38.4. The molecule has 0 aromatic carbocycles. The summed E-state index contributed by atoms with van der Waals surface area (Å²) in [4.78, 5) is 30.2. The van der Waals surface area contributed by atoms with E-state index in [1.165, 1.54) is 22.2 Å². The number of thiophene rings is 1. The van der Waals surface area contributed by atoms with Crippen LogP contribution in [0.5, 0.6) is 0 Å². The van der Waals surface area contributed by atoms with Crippen LogP contribution in [0, 0.1) is 0 Å². The minimum atomic E-state index is -4.99. The number of H-pyrrole nitrogens is 1. The van der Waals surface area contributed by atoms with Crippen molar-refractivity contribution in [3.8, 4) is 10.6 Å². The molecule has 3 aromatic heterocycles. The Morgan fingerprint density at radius 2 is 2.12 bits per heavy atom. The number of alkyl halides is 3. The molecule has 26 heavy (non-hydrogen) atoms. The van der Waals surface area contributed by atoms with Crippen LogP contribution < -0.4 is 10.9 Å². The number of aromatic nitrogens is 3. The highest BCUT2D eigenvalue weighted by Gasteiger charge is 2.38. The van der Waals surface area contributed by atoms with Crippen molar-refractivity contribution < 1.29 is 18.0 Å². The molecule has 2 N–H and O–H groups in total. The van der Waals surface area contributed by atoms with E-state index in [2.05, 4.69) is 9.97 Å². The third-order valence-corrected chi connectivity index (χ3v) is 5.20. The summed E-state index contributed by atoms with van der Waals surface area (Å²) in [5.41, 5.74) is 0.111. The van der Waals surface area contributed by atoms with E-state index < -0.39 is 17.6 Å². The number of hydrogen-bond donors (Lipinski definition) is 2. The topological polar surface area (TPSA) is 79.8 Å².